The lowest BCUT2D eigenvalue weighted by Crippen LogP contribution is -2.34. The lowest BCUT2D eigenvalue weighted by molar-refractivity contribution is -0.0215. The van der Waals surface area contributed by atoms with Gasteiger partial charge in [0, 0.05) is 6.54 Å². The Morgan fingerprint density at radius 3 is 2.55 bits per heavy atom. The third-order valence-electron chi connectivity index (χ3n) is 5.14. The van der Waals surface area contributed by atoms with E-state index < -0.39 is 0 Å². The van der Waals surface area contributed by atoms with E-state index in [0.717, 1.165) is 25.0 Å². The van der Waals surface area contributed by atoms with Crippen LogP contribution in [0.1, 0.15) is 72.1 Å². The van der Waals surface area contributed by atoms with Gasteiger partial charge in [-0.1, -0.05) is 40.0 Å². The zero-order valence-electron chi connectivity index (χ0n) is 13.9. The van der Waals surface area contributed by atoms with Gasteiger partial charge in [0.1, 0.15) is 0 Å². The Balaban J connectivity index is 1.54. The minimum absolute atomic E-state index is 0.470. The molecule has 0 saturated heterocycles. The maximum absolute atomic E-state index is 6.12. The number of hydrogen-bond donors (Lipinski definition) is 1. The first kappa shape index (κ1) is 16.3. The Labute approximate surface area is 126 Å². The van der Waals surface area contributed by atoms with Gasteiger partial charge in [-0.3, -0.25) is 0 Å². The average molecular weight is 281 g/mol. The molecule has 2 saturated carbocycles. The van der Waals surface area contributed by atoms with Crippen molar-refractivity contribution in [3.63, 3.8) is 0 Å². The molecule has 2 nitrogen and oxygen atoms in total. The maximum atomic E-state index is 6.12. The van der Waals surface area contributed by atoms with Crippen LogP contribution in [0.4, 0.5) is 0 Å². The highest BCUT2D eigenvalue weighted by Gasteiger charge is 2.32. The molecule has 0 aliphatic heterocycles. The summed E-state index contributed by atoms with van der Waals surface area (Å²) in [6, 6.07) is 0. The fourth-order valence-electron chi connectivity index (χ4n) is 4.38. The van der Waals surface area contributed by atoms with E-state index in [4.69, 9.17) is 4.74 Å². The zero-order chi connectivity index (χ0) is 14.4. The second-order valence-corrected chi connectivity index (χ2v) is 8.11. The Kier molecular flexibility index (Phi) is 6.35. The third kappa shape index (κ3) is 5.73. The Morgan fingerprint density at radius 2 is 1.85 bits per heavy atom. The number of hydrogen-bond acceptors (Lipinski definition) is 2. The maximum Gasteiger partial charge on any atom is 0.0594 e. The van der Waals surface area contributed by atoms with E-state index in [0.29, 0.717) is 11.5 Å². The number of nitrogens with one attached hydrogen (secondary N) is 1. The van der Waals surface area contributed by atoms with E-state index >= 15 is 0 Å². The second-order valence-electron chi connectivity index (χ2n) is 8.11. The topological polar surface area (TPSA) is 21.3 Å². The van der Waals surface area contributed by atoms with Crippen molar-refractivity contribution in [1.29, 1.82) is 0 Å². The molecule has 1 N–H and O–H groups in total. The predicted octanol–water partition coefficient (Wildman–Crippen LogP) is 4.39. The van der Waals surface area contributed by atoms with Crippen molar-refractivity contribution in [3.8, 4) is 0 Å². The minimum Gasteiger partial charge on any atom is -0.377 e. The molecular formula is C18H35NO. The van der Waals surface area contributed by atoms with Gasteiger partial charge in [-0.15, -0.1) is 0 Å². The van der Waals surface area contributed by atoms with Gasteiger partial charge in [0.25, 0.3) is 0 Å². The first-order valence-electron chi connectivity index (χ1n) is 8.87. The molecule has 0 bridgehead atoms. The Bertz CT molecular complexity index is 271. The smallest absolute Gasteiger partial charge is 0.0594 e. The van der Waals surface area contributed by atoms with Crippen LogP contribution in [0.5, 0.6) is 0 Å². The summed E-state index contributed by atoms with van der Waals surface area (Å²) in [5.41, 5.74) is 0.470. The number of rotatable bonds is 6. The molecule has 0 amide bonds. The van der Waals surface area contributed by atoms with Gasteiger partial charge in [-0.05, 0) is 55.9 Å². The molecule has 0 aromatic heterocycles. The predicted molar refractivity (Wildman–Crippen MR) is 86.0 cm³/mol. The van der Waals surface area contributed by atoms with Crippen LogP contribution in [-0.4, -0.2) is 25.8 Å². The van der Waals surface area contributed by atoms with Gasteiger partial charge in [0.2, 0.25) is 0 Å². The molecule has 2 heteroatoms. The van der Waals surface area contributed by atoms with Crippen molar-refractivity contribution in [2.45, 2.75) is 78.2 Å². The normalized spacial score (nSPS) is 31.4. The average Bonchev–Trinajstić information content (AvgIpc) is 2.37. The van der Waals surface area contributed by atoms with Crippen molar-refractivity contribution in [2.75, 3.05) is 19.7 Å². The summed E-state index contributed by atoms with van der Waals surface area (Å²) < 4.78 is 6.12. The van der Waals surface area contributed by atoms with E-state index in [1.54, 1.807) is 0 Å². The second kappa shape index (κ2) is 7.79. The van der Waals surface area contributed by atoms with Crippen LogP contribution in [0.25, 0.3) is 0 Å². The molecule has 2 aliphatic carbocycles. The Morgan fingerprint density at radius 1 is 1.10 bits per heavy atom. The van der Waals surface area contributed by atoms with E-state index in [2.05, 4.69) is 26.1 Å². The van der Waals surface area contributed by atoms with E-state index in [1.807, 2.05) is 0 Å². The van der Waals surface area contributed by atoms with Crippen molar-refractivity contribution >= 4 is 0 Å². The van der Waals surface area contributed by atoms with Gasteiger partial charge >= 0.3 is 0 Å². The summed E-state index contributed by atoms with van der Waals surface area (Å²) in [5.74, 6) is 1.75. The standard InChI is InChI=1S/C18H35NO/c1-15-11-17(13-18(2,3)12-15)20-10-9-19-14-16-7-5-4-6-8-16/h15-17,19H,4-14H2,1-3H3. The van der Waals surface area contributed by atoms with E-state index in [1.165, 1.54) is 57.9 Å². The summed E-state index contributed by atoms with van der Waals surface area (Å²) in [6.45, 7) is 10.3. The molecule has 2 aliphatic rings. The summed E-state index contributed by atoms with van der Waals surface area (Å²) in [6.07, 6.45) is 11.5. The van der Waals surface area contributed by atoms with Gasteiger partial charge in [-0.25, -0.2) is 0 Å². The summed E-state index contributed by atoms with van der Waals surface area (Å²) in [4.78, 5) is 0. The molecule has 0 aromatic carbocycles. The van der Waals surface area contributed by atoms with E-state index in [9.17, 15) is 0 Å². The van der Waals surface area contributed by atoms with E-state index in [-0.39, 0.29) is 0 Å². The lowest BCUT2D eigenvalue weighted by Gasteiger charge is -2.38. The van der Waals surface area contributed by atoms with Crippen LogP contribution in [0.15, 0.2) is 0 Å². The van der Waals surface area contributed by atoms with Crippen LogP contribution in [0, 0.1) is 17.3 Å². The van der Waals surface area contributed by atoms with Gasteiger partial charge in [0.15, 0.2) is 0 Å². The molecule has 2 atom stereocenters. The van der Waals surface area contributed by atoms with Crippen molar-refractivity contribution in [1.82, 2.24) is 5.32 Å². The fourth-order valence-corrected chi connectivity index (χ4v) is 4.38. The SMILES string of the molecule is CC1CC(OCCNCC2CCCCC2)CC(C)(C)C1. The molecule has 20 heavy (non-hydrogen) atoms. The Hall–Kier alpha value is -0.0800. The summed E-state index contributed by atoms with van der Waals surface area (Å²) in [7, 11) is 0. The van der Waals surface area contributed by atoms with Crippen molar-refractivity contribution < 1.29 is 4.74 Å². The number of ether oxygens (including phenoxy) is 1. The van der Waals surface area contributed by atoms with Gasteiger partial charge < -0.3 is 10.1 Å². The third-order valence-corrected chi connectivity index (χ3v) is 5.14. The molecule has 0 heterocycles. The molecule has 0 radical (unpaired) electrons. The molecule has 2 unspecified atom stereocenters. The van der Waals surface area contributed by atoms with Crippen LogP contribution in [-0.2, 0) is 4.74 Å². The fraction of sp³-hybridized carbons (Fsp3) is 1.00. The first-order valence-corrected chi connectivity index (χ1v) is 8.87. The molecule has 0 spiro atoms. The van der Waals surface area contributed by atoms with Crippen molar-refractivity contribution in [2.24, 2.45) is 17.3 Å². The van der Waals surface area contributed by atoms with Crippen molar-refractivity contribution in [3.05, 3.63) is 0 Å². The van der Waals surface area contributed by atoms with Gasteiger partial charge in [-0.2, -0.15) is 0 Å². The van der Waals surface area contributed by atoms with Gasteiger partial charge in [0.05, 0.1) is 12.7 Å². The first-order chi connectivity index (χ1) is 9.55. The zero-order valence-corrected chi connectivity index (χ0v) is 13.9. The molecule has 118 valence electrons. The highest BCUT2D eigenvalue weighted by Crippen LogP contribution is 2.39. The highest BCUT2D eigenvalue weighted by molar-refractivity contribution is 4.83. The minimum atomic E-state index is 0.470. The molecule has 2 fully saturated rings. The summed E-state index contributed by atoms with van der Waals surface area (Å²) in [5, 5.41) is 3.60. The lowest BCUT2D eigenvalue weighted by atomic mass is 9.71. The molecule has 2 rings (SSSR count). The van der Waals surface area contributed by atoms with Crippen LogP contribution >= 0.6 is 0 Å². The summed E-state index contributed by atoms with van der Waals surface area (Å²) >= 11 is 0. The van der Waals surface area contributed by atoms with Crippen LogP contribution in [0.2, 0.25) is 0 Å². The quantitative estimate of drug-likeness (QED) is 0.729. The largest absolute Gasteiger partial charge is 0.377 e. The van der Waals surface area contributed by atoms with Crippen LogP contribution < -0.4 is 5.32 Å². The molecule has 0 aromatic rings. The highest BCUT2D eigenvalue weighted by atomic mass is 16.5. The van der Waals surface area contributed by atoms with Crippen LogP contribution in [0.3, 0.4) is 0 Å². The molecular weight excluding hydrogens is 246 g/mol. The monoisotopic (exact) mass is 281 g/mol.